The predicted octanol–water partition coefficient (Wildman–Crippen LogP) is 2.99. The Bertz CT molecular complexity index is 1260. The van der Waals surface area contributed by atoms with Crippen LogP contribution in [-0.4, -0.2) is 94.0 Å². The number of benzene rings is 1. The number of fused-ring (bicyclic) bond motifs is 1. The zero-order chi connectivity index (χ0) is 25.6. The first-order valence-corrected chi connectivity index (χ1v) is 13.6. The molecule has 3 saturated heterocycles. The average molecular weight is 507 g/mol. The minimum atomic E-state index is -0.595. The van der Waals surface area contributed by atoms with E-state index in [1.165, 1.54) is 30.4 Å². The van der Waals surface area contributed by atoms with Gasteiger partial charge in [-0.1, -0.05) is 0 Å². The smallest absolute Gasteiger partial charge is 0.159 e. The maximum absolute atomic E-state index is 9.81. The summed E-state index contributed by atoms with van der Waals surface area (Å²) in [7, 11) is 0. The van der Waals surface area contributed by atoms with E-state index in [2.05, 4.69) is 28.9 Å². The summed E-state index contributed by atoms with van der Waals surface area (Å²) >= 11 is 0. The number of aliphatic hydroxyl groups is 1. The molecule has 198 valence electrons. The molecule has 9 heteroatoms. The van der Waals surface area contributed by atoms with Gasteiger partial charge in [0.25, 0.3) is 0 Å². The van der Waals surface area contributed by atoms with Gasteiger partial charge in [0.2, 0.25) is 0 Å². The first-order chi connectivity index (χ1) is 17.9. The van der Waals surface area contributed by atoms with Crippen LogP contribution < -0.4 is 4.90 Å². The molecule has 9 nitrogen and oxygen atoms in total. The molecule has 3 aliphatic heterocycles. The van der Waals surface area contributed by atoms with Gasteiger partial charge < -0.3 is 19.5 Å². The van der Waals surface area contributed by atoms with E-state index >= 15 is 0 Å². The second-order valence-corrected chi connectivity index (χ2v) is 11.2. The van der Waals surface area contributed by atoms with Crippen molar-refractivity contribution in [3.8, 4) is 5.82 Å². The molecule has 6 rings (SSSR count). The van der Waals surface area contributed by atoms with Crippen LogP contribution in [0.2, 0.25) is 0 Å². The van der Waals surface area contributed by atoms with Crippen molar-refractivity contribution in [1.82, 2.24) is 24.6 Å². The zero-order valence-electron chi connectivity index (χ0n) is 22.2. The fourth-order valence-electron chi connectivity index (χ4n) is 6.24. The van der Waals surface area contributed by atoms with Gasteiger partial charge in [-0.15, -0.1) is 0 Å². The fraction of sp³-hybridized carbons (Fsp3) is 0.607. The lowest BCUT2D eigenvalue weighted by atomic mass is 9.86. The molecule has 5 heterocycles. The molecule has 2 atom stereocenters. The van der Waals surface area contributed by atoms with Crippen molar-refractivity contribution in [3.63, 3.8) is 0 Å². The number of rotatable bonds is 5. The zero-order valence-corrected chi connectivity index (χ0v) is 22.2. The molecule has 37 heavy (non-hydrogen) atoms. The molecule has 1 aromatic carbocycles. The number of aliphatic hydroxyl groups excluding tert-OH is 1. The SMILES string of the molecule is Cc1nc(N2CCOC(C)(CO)C2)cc(-n2ncc3cc(C)c(C4CCN([C@H]5CCOC5)CC4)cc32)n1. The number of likely N-dealkylation sites (tertiary alicyclic amines) is 1. The summed E-state index contributed by atoms with van der Waals surface area (Å²) in [4.78, 5) is 14.3. The molecule has 1 unspecified atom stereocenters. The molecule has 3 aromatic rings. The van der Waals surface area contributed by atoms with E-state index in [9.17, 15) is 5.11 Å². The number of hydrogen-bond donors (Lipinski definition) is 1. The van der Waals surface area contributed by atoms with Crippen LogP contribution in [-0.2, 0) is 9.47 Å². The highest BCUT2D eigenvalue weighted by atomic mass is 16.5. The highest BCUT2D eigenvalue weighted by Crippen LogP contribution is 2.35. The lowest BCUT2D eigenvalue weighted by Crippen LogP contribution is -2.52. The van der Waals surface area contributed by atoms with Gasteiger partial charge in [-0.3, -0.25) is 4.90 Å². The lowest BCUT2D eigenvalue weighted by molar-refractivity contribution is -0.0745. The minimum absolute atomic E-state index is 0.0281. The number of ether oxygens (including phenoxy) is 2. The van der Waals surface area contributed by atoms with E-state index in [-0.39, 0.29) is 6.61 Å². The number of piperidine rings is 1. The van der Waals surface area contributed by atoms with Gasteiger partial charge in [-0.25, -0.2) is 14.6 Å². The van der Waals surface area contributed by atoms with E-state index in [0.29, 0.717) is 30.9 Å². The van der Waals surface area contributed by atoms with Crippen molar-refractivity contribution in [2.24, 2.45) is 0 Å². The quantitative estimate of drug-likeness (QED) is 0.565. The van der Waals surface area contributed by atoms with Gasteiger partial charge in [-0.05, 0) is 82.3 Å². The van der Waals surface area contributed by atoms with E-state index in [0.717, 1.165) is 55.4 Å². The monoisotopic (exact) mass is 506 g/mol. The summed E-state index contributed by atoms with van der Waals surface area (Å²) in [5.74, 6) is 2.85. The normalized spacial score (nSPS) is 25.8. The van der Waals surface area contributed by atoms with Crippen LogP contribution in [0, 0.1) is 13.8 Å². The predicted molar refractivity (Wildman–Crippen MR) is 143 cm³/mol. The summed E-state index contributed by atoms with van der Waals surface area (Å²) in [5.41, 5.74) is 3.25. The number of anilines is 1. The van der Waals surface area contributed by atoms with Gasteiger partial charge in [-0.2, -0.15) is 5.10 Å². The van der Waals surface area contributed by atoms with Gasteiger partial charge in [0.15, 0.2) is 5.82 Å². The Hall–Kier alpha value is -2.59. The summed E-state index contributed by atoms with van der Waals surface area (Å²) in [6.45, 7) is 12.0. The third kappa shape index (κ3) is 4.85. The molecule has 0 amide bonds. The third-order valence-electron chi connectivity index (χ3n) is 8.37. The molecule has 0 aliphatic carbocycles. The molecule has 3 aliphatic rings. The van der Waals surface area contributed by atoms with E-state index < -0.39 is 5.60 Å². The minimum Gasteiger partial charge on any atom is -0.393 e. The molecule has 3 fully saturated rings. The van der Waals surface area contributed by atoms with Crippen LogP contribution in [0.5, 0.6) is 0 Å². The standard InChI is InChI=1S/C28H38N6O3/c1-19-12-22-15-29-34(25(22)13-24(19)21-4-7-32(8-5-21)23-6-10-36-16-23)27-14-26(30-20(2)31-27)33-9-11-37-28(3,17-33)18-35/h12-15,21,23,35H,4-11,16-18H2,1-3H3/t23-,28?/m0/s1. The Labute approximate surface area is 218 Å². The Balaban J connectivity index is 1.29. The van der Waals surface area contributed by atoms with Crippen LogP contribution >= 0.6 is 0 Å². The van der Waals surface area contributed by atoms with Gasteiger partial charge >= 0.3 is 0 Å². The van der Waals surface area contributed by atoms with Crippen molar-refractivity contribution in [3.05, 3.63) is 41.3 Å². The van der Waals surface area contributed by atoms with Crippen LogP contribution in [0.3, 0.4) is 0 Å². The molecule has 0 radical (unpaired) electrons. The van der Waals surface area contributed by atoms with E-state index in [4.69, 9.17) is 24.5 Å². The highest BCUT2D eigenvalue weighted by Gasteiger charge is 2.33. The number of morpholine rings is 1. The maximum atomic E-state index is 9.81. The number of aromatic nitrogens is 4. The number of aryl methyl sites for hydroxylation is 2. The maximum Gasteiger partial charge on any atom is 0.159 e. The molecule has 2 aromatic heterocycles. The summed E-state index contributed by atoms with van der Waals surface area (Å²) in [6.07, 6.45) is 5.45. The summed E-state index contributed by atoms with van der Waals surface area (Å²) in [6, 6.07) is 7.22. The molecule has 0 spiro atoms. The molecular formula is C28H38N6O3. The molecule has 0 bridgehead atoms. The van der Waals surface area contributed by atoms with Gasteiger partial charge in [0, 0.05) is 30.6 Å². The third-order valence-corrected chi connectivity index (χ3v) is 8.37. The molecule has 1 N–H and O–H groups in total. The Morgan fingerprint density at radius 3 is 2.59 bits per heavy atom. The molecule has 0 saturated carbocycles. The van der Waals surface area contributed by atoms with Gasteiger partial charge in [0.1, 0.15) is 17.2 Å². The Morgan fingerprint density at radius 2 is 1.84 bits per heavy atom. The molecular weight excluding hydrogens is 468 g/mol. The summed E-state index contributed by atoms with van der Waals surface area (Å²) < 4.78 is 13.4. The summed E-state index contributed by atoms with van der Waals surface area (Å²) in [5, 5.41) is 15.7. The largest absolute Gasteiger partial charge is 0.393 e. The fourth-order valence-corrected chi connectivity index (χ4v) is 6.24. The second-order valence-electron chi connectivity index (χ2n) is 11.2. The van der Waals surface area contributed by atoms with Gasteiger partial charge in [0.05, 0.1) is 38.1 Å². The van der Waals surface area contributed by atoms with Crippen molar-refractivity contribution >= 4 is 16.7 Å². The average Bonchev–Trinajstić information content (AvgIpc) is 3.58. The van der Waals surface area contributed by atoms with Crippen LogP contribution in [0.4, 0.5) is 5.82 Å². The van der Waals surface area contributed by atoms with Crippen molar-refractivity contribution in [2.75, 3.05) is 57.5 Å². The van der Waals surface area contributed by atoms with Crippen molar-refractivity contribution < 1.29 is 14.6 Å². The lowest BCUT2D eigenvalue weighted by Gasteiger charge is -2.40. The van der Waals surface area contributed by atoms with Crippen molar-refractivity contribution in [1.29, 1.82) is 0 Å². The highest BCUT2D eigenvalue weighted by molar-refractivity contribution is 5.82. The Morgan fingerprint density at radius 1 is 1.03 bits per heavy atom. The van der Waals surface area contributed by atoms with Crippen LogP contribution in [0.15, 0.2) is 24.4 Å². The Kier molecular flexibility index (Phi) is 6.65. The van der Waals surface area contributed by atoms with Crippen LogP contribution in [0.1, 0.15) is 49.1 Å². The topological polar surface area (TPSA) is 88.8 Å². The first-order valence-electron chi connectivity index (χ1n) is 13.6. The van der Waals surface area contributed by atoms with E-state index in [1.807, 2.05) is 30.8 Å². The number of hydrogen-bond acceptors (Lipinski definition) is 8. The van der Waals surface area contributed by atoms with Crippen molar-refractivity contribution in [2.45, 2.75) is 57.6 Å². The van der Waals surface area contributed by atoms with Crippen LogP contribution in [0.25, 0.3) is 16.7 Å². The number of nitrogens with zero attached hydrogens (tertiary/aromatic N) is 6. The second kappa shape index (κ2) is 9.94. The van der Waals surface area contributed by atoms with E-state index in [1.54, 1.807) is 0 Å². The first kappa shape index (κ1) is 24.7.